The molecule has 2 fully saturated rings. The van der Waals surface area contributed by atoms with Crippen LogP contribution in [0.4, 0.5) is 4.79 Å². The molecule has 0 radical (unpaired) electrons. The van der Waals surface area contributed by atoms with E-state index >= 15 is 0 Å². The van der Waals surface area contributed by atoms with Gasteiger partial charge >= 0.3 is 6.03 Å². The van der Waals surface area contributed by atoms with E-state index in [0.29, 0.717) is 12.6 Å². The van der Waals surface area contributed by atoms with Crippen LogP contribution < -0.4 is 10.6 Å². The van der Waals surface area contributed by atoms with Gasteiger partial charge in [0, 0.05) is 18.0 Å². The Morgan fingerprint density at radius 1 is 1.22 bits per heavy atom. The van der Waals surface area contributed by atoms with Crippen molar-refractivity contribution in [3.8, 4) is 0 Å². The van der Waals surface area contributed by atoms with Gasteiger partial charge in [0.2, 0.25) is 0 Å². The molecule has 0 heterocycles. The van der Waals surface area contributed by atoms with Crippen LogP contribution in [0.2, 0.25) is 0 Å². The van der Waals surface area contributed by atoms with Crippen LogP contribution in [0.5, 0.6) is 0 Å². The number of hydrogen-bond acceptors (Lipinski definition) is 3. The zero-order valence-corrected chi connectivity index (χ0v) is 14.9. The van der Waals surface area contributed by atoms with E-state index in [0.717, 1.165) is 51.4 Å². The molecule has 134 valence electrons. The summed E-state index contributed by atoms with van der Waals surface area (Å²) in [6.45, 7) is 6.76. The molecule has 0 aromatic carbocycles. The molecule has 2 aliphatic rings. The van der Waals surface area contributed by atoms with Crippen LogP contribution in [0, 0.1) is 5.41 Å². The first-order chi connectivity index (χ1) is 10.9. The normalized spacial score (nSPS) is 35.1. The lowest BCUT2D eigenvalue weighted by molar-refractivity contribution is -0.0157. The lowest BCUT2D eigenvalue weighted by atomic mass is 9.73. The Morgan fingerprint density at radius 3 is 2.52 bits per heavy atom. The Labute approximate surface area is 140 Å². The zero-order valence-electron chi connectivity index (χ0n) is 14.9. The molecule has 2 amide bonds. The average Bonchev–Trinajstić information content (AvgIpc) is 2.50. The number of carbonyl (C=O) groups excluding carboxylic acids is 1. The molecular formula is C18H34N2O3. The third kappa shape index (κ3) is 5.64. The maximum Gasteiger partial charge on any atom is 0.315 e. The second kappa shape index (κ2) is 8.34. The van der Waals surface area contributed by atoms with E-state index in [1.54, 1.807) is 0 Å². The van der Waals surface area contributed by atoms with Gasteiger partial charge in [0.25, 0.3) is 0 Å². The van der Waals surface area contributed by atoms with E-state index in [-0.39, 0.29) is 29.7 Å². The van der Waals surface area contributed by atoms with Crippen molar-refractivity contribution in [2.45, 2.75) is 96.5 Å². The lowest BCUT2D eigenvalue weighted by Gasteiger charge is -2.38. The predicted octanol–water partition coefficient (Wildman–Crippen LogP) is 2.96. The number of hydrogen-bond donors (Lipinski definition) is 3. The number of ether oxygens (including phenoxy) is 1. The Morgan fingerprint density at radius 2 is 1.91 bits per heavy atom. The molecule has 0 spiro atoms. The first-order valence-electron chi connectivity index (χ1n) is 9.27. The highest BCUT2D eigenvalue weighted by Crippen LogP contribution is 2.35. The van der Waals surface area contributed by atoms with E-state index < -0.39 is 0 Å². The van der Waals surface area contributed by atoms with Crippen molar-refractivity contribution >= 4 is 6.03 Å². The van der Waals surface area contributed by atoms with Crippen molar-refractivity contribution < 1.29 is 14.6 Å². The molecule has 0 aromatic heterocycles. The Balaban J connectivity index is 1.67. The summed E-state index contributed by atoms with van der Waals surface area (Å²) < 4.78 is 5.84. The van der Waals surface area contributed by atoms with Gasteiger partial charge in [-0.15, -0.1) is 0 Å². The number of rotatable bonds is 5. The summed E-state index contributed by atoms with van der Waals surface area (Å²) in [7, 11) is 0. The number of aliphatic hydroxyl groups excluding tert-OH is 1. The Bertz CT molecular complexity index is 380. The Hall–Kier alpha value is -0.810. The number of carbonyl (C=O) groups is 1. The van der Waals surface area contributed by atoms with Gasteiger partial charge in [0.1, 0.15) is 0 Å². The molecule has 2 saturated carbocycles. The van der Waals surface area contributed by atoms with Crippen LogP contribution in [0.25, 0.3) is 0 Å². The van der Waals surface area contributed by atoms with E-state index in [1.807, 2.05) is 0 Å². The van der Waals surface area contributed by atoms with Gasteiger partial charge in [0.05, 0.1) is 18.3 Å². The number of urea groups is 1. The molecule has 0 aromatic rings. The number of amides is 2. The van der Waals surface area contributed by atoms with Crippen molar-refractivity contribution in [1.82, 2.24) is 10.6 Å². The second-order valence-corrected chi connectivity index (χ2v) is 7.90. The standard InChI is InChI=1S/C18H34N2O3/c1-13(2)23-15-9-7-14(8-10-15)20-17(22)19-12-18(3)11-5-4-6-16(18)21/h13-16,21H,4-12H2,1-3H3,(H2,19,20,22). The van der Waals surface area contributed by atoms with E-state index in [2.05, 4.69) is 31.4 Å². The van der Waals surface area contributed by atoms with Gasteiger partial charge < -0.3 is 20.5 Å². The molecule has 3 N–H and O–H groups in total. The average molecular weight is 326 g/mol. The highest BCUT2D eigenvalue weighted by Gasteiger charge is 2.35. The molecule has 0 bridgehead atoms. The monoisotopic (exact) mass is 326 g/mol. The summed E-state index contributed by atoms with van der Waals surface area (Å²) in [6.07, 6.45) is 8.34. The van der Waals surface area contributed by atoms with E-state index in [4.69, 9.17) is 4.74 Å². The lowest BCUT2D eigenvalue weighted by Crippen LogP contribution is -2.50. The zero-order chi connectivity index (χ0) is 16.9. The molecule has 5 nitrogen and oxygen atoms in total. The minimum absolute atomic E-state index is 0.0998. The van der Waals surface area contributed by atoms with Crippen molar-refractivity contribution in [2.75, 3.05) is 6.54 Å². The van der Waals surface area contributed by atoms with Crippen LogP contribution >= 0.6 is 0 Å². The second-order valence-electron chi connectivity index (χ2n) is 7.90. The van der Waals surface area contributed by atoms with Gasteiger partial charge in [-0.25, -0.2) is 4.79 Å². The van der Waals surface area contributed by atoms with E-state index in [1.165, 1.54) is 0 Å². The molecule has 2 aliphatic carbocycles. The minimum Gasteiger partial charge on any atom is -0.392 e. The smallest absolute Gasteiger partial charge is 0.315 e. The third-order valence-corrected chi connectivity index (χ3v) is 5.41. The first kappa shape index (κ1) is 18.5. The molecule has 0 aliphatic heterocycles. The third-order valence-electron chi connectivity index (χ3n) is 5.41. The molecule has 5 heteroatoms. The van der Waals surface area contributed by atoms with Crippen LogP contribution in [0.1, 0.15) is 72.1 Å². The van der Waals surface area contributed by atoms with Gasteiger partial charge in [-0.1, -0.05) is 19.8 Å². The highest BCUT2D eigenvalue weighted by atomic mass is 16.5. The predicted molar refractivity (Wildman–Crippen MR) is 91.4 cm³/mol. The molecule has 23 heavy (non-hydrogen) atoms. The quantitative estimate of drug-likeness (QED) is 0.727. The fraction of sp³-hybridized carbons (Fsp3) is 0.944. The van der Waals surface area contributed by atoms with Crippen molar-refractivity contribution in [3.63, 3.8) is 0 Å². The fourth-order valence-corrected chi connectivity index (χ4v) is 3.83. The largest absolute Gasteiger partial charge is 0.392 e. The fourth-order valence-electron chi connectivity index (χ4n) is 3.83. The van der Waals surface area contributed by atoms with Crippen molar-refractivity contribution in [2.24, 2.45) is 5.41 Å². The summed E-state index contributed by atoms with van der Waals surface area (Å²) in [5.74, 6) is 0. The summed E-state index contributed by atoms with van der Waals surface area (Å²) in [6, 6.07) is 0.142. The molecule has 2 rings (SSSR count). The highest BCUT2D eigenvalue weighted by molar-refractivity contribution is 5.74. The first-order valence-corrected chi connectivity index (χ1v) is 9.27. The summed E-state index contributed by atoms with van der Waals surface area (Å²) in [4.78, 5) is 12.1. The maximum absolute atomic E-state index is 12.1. The van der Waals surface area contributed by atoms with Crippen LogP contribution in [0.3, 0.4) is 0 Å². The molecule has 0 saturated heterocycles. The van der Waals surface area contributed by atoms with Crippen molar-refractivity contribution in [3.05, 3.63) is 0 Å². The summed E-state index contributed by atoms with van der Waals surface area (Å²) in [5.41, 5.74) is -0.182. The van der Waals surface area contributed by atoms with Crippen molar-refractivity contribution in [1.29, 1.82) is 0 Å². The SMILES string of the molecule is CC(C)OC1CCC(NC(=O)NCC2(C)CCCCC2O)CC1. The number of nitrogens with one attached hydrogen (secondary N) is 2. The Kier molecular flexibility index (Phi) is 6.72. The van der Waals surface area contributed by atoms with E-state index in [9.17, 15) is 9.90 Å². The van der Waals surface area contributed by atoms with Crippen LogP contribution in [-0.2, 0) is 4.74 Å². The van der Waals surface area contributed by atoms with Gasteiger partial charge in [0.15, 0.2) is 0 Å². The summed E-state index contributed by atoms with van der Waals surface area (Å²) >= 11 is 0. The molecule has 2 unspecified atom stereocenters. The maximum atomic E-state index is 12.1. The van der Waals surface area contributed by atoms with Crippen LogP contribution in [0.15, 0.2) is 0 Å². The minimum atomic E-state index is -0.305. The van der Waals surface area contributed by atoms with Crippen LogP contribution in [-0.4, -0.2) is 42.0 Å². The van der Waals surface area contributed by atoms with Gasteiger partial charge in [-0.05, 0) is 52.4 Å². The molecule has 2 atom stereocenters. The number of aliphatic hydroxyl groups is 1. The molecular weight excluding hydrogens is 292 g/mol. The van der Waals surface area contributed by atoms with Gasteiger partial charge in [-0.2, -0.15) is 0 Å². The van der Waals surface area contributed by atoms with Gasteiger partial charge in [-0.3, -0.25) is 0 Å². The summed E-state index contributed by atoms with van der Waals surface area (Å²) in [5, 5.41) is 16.2. The topological polar surface area (TPSA) is 70.6 Å².